The van der Waals surface area contributed by atoms with Crippen LogP contribution in [0.2, 0.25) is 0 Å². The summed E-state index contributed by atoms with van der Waals surface area (Å²) in [5.41, 5.74) is 3.50. The Morgan fingerprint density at radius 1 is 0.935 bits per heavy atom. The molecule has 5 rings (SSSR count). The second-order valence-electron chi connectivity index (χ2n) is 7.37. The molecule has 0 bridgehead atoms. The van der Waals surface area contributed by atoms with Crippen LogP contribution < -0.4 is 4.90 Å². The molecular weight excluding hydrogens is 424 g/mol. The first-order chi connectivity index (χ1) is 15.3. The van der Waals surface area contributed by atoms with Gasteiger partial charge in [0.2, 0.25) is 5.91 Å². The number of aromatic nitrogens is 2. The van der Waals surface area contributed by atoms with Crippen LogP contribution in [0.5, 0.6) is 0 Å². The molecule has 1 fully saturated rings. The highest BCUT2D eigenvalue weighted by Crippen LogP contribution is 2.37. The summed E-state index contributed by atoms with van der Waals surface area (Å²) in [6, 6.07) is 20.7. The van der Waals surface area contributed by atoms with Crippen molar-refractivity contribution in [2.45, 2.75) is 5.03 Å². The third-order valence-corrected chi connectivity index (χ3v) is 7.37. The van der Waals surface area contributed by atoms with Gasteiger partial charge in [-0.15, -0.1) is 11.3 Å². The van der Waals surface area contributed by atoms with Crippen molar-refractivity contribution in [3.05, 3.63) is 72.4 Å². The molecule has 0 saturated carbocycles. The molecule has 0 N–H and O–H groups in total. The number of nitrogens with zero attached hydrogens (tertiary/aromatic N) is 4. The summed E-state index contributed by atoms with van der Waals surface area (Å²) in [6.45, 7) is 3.23. The van der Waals surface area contributed by atoms with Gasteiger partial charge in [-0.05, 0) is 17.7 Å². The molecule has 0 radical (unpaired) electrons. The highest BCUT2D eigenvalue weighted by Gasteiger charge is 2.22. The molecule has 2 aromatic heterocycles. The van der Waals surface area contributed by atoms with Crippen LogP contribution in [0.4, 0.5) is 5.69 Å². The average Bonchev–Trinajstić information content (AvgIpc) is 3.29. The molecule has 156 valence electrons. The van der Waals surface area contributed by atoms with E-state index in [1.165, 1.54) is 17.4 Å². The normalized spacial score (nSPS) is 14.2. The summed E-state index contributed by atoms with van der Waals surface area (Å²) in [5, 5.41) is 4.05. The first-order valence-electron chi connectivity index (χ1n) is 10.3. The van der Waals surface area contributed by atoms with E-state index in [-0.39, 0.29) is 5.91 Å². The molecule has 2 aromatic carbocycles. The van der Waals surface area contributed by atoms with E-state index in [9.17, 15) is 4.79 Å². The van der Waals surface area contributed by atoms with Crippen molar-refractivity contribution in [2.24, 2.45) is 0 Å². The smallest absolute Gasteiger partial charge is 0.233 e. The van der Waals surface area contributed by atoms with Crippen molar-refractivity contribution in [1.82, 2.24) is 14.9 Å². The maximum absolute atomic E-state index is 12.9. The van der Waals surface area contributed by atoms with E-state index in [2.05, 4.69) is 56.6 Å². The molecule has 3 heterocycles. The molecule has 31 heavy (non-hydrogen) atoms. The number of hydrogen-bond acceptors (Lipinski definition) is 6. The topological polar surface area (TPSA) is 49.3 Å². The van der Waals surface area contributed by atoms with Gasteiger partial charge in [0.25, 0.3) is 0 Å². The summed E-state index contributed by atoms with van der Waals surface area (Å²) in [4.78, 5) is 27.1. The Morgan fingerprint density at radius 2 is 1.65 bits per heavy atom. The predicted octanol–water partition coefficient (Wildman–Crippen LogP) is 4.80. The molecule has 1 aliphatic heterocycles. The molecule has 1 amide bonds. The second-order valence-corrected chi connectivity index (χ2v) is 9.19. The maximum Gasteiger partial charge on any atom is 0.233 e. The second kappa shape index (κ2) is 9.08. The lowest BCUT2D eigenvalue weighted by molar-refractivity contribution is -0.128. The number of carbonyl (C=O) groups excluding carboxylic acids is 1. The van der Waals surface area contributed by atoms with E-state index < -0.39 is 0 Å². The molecule has 4 aromatic rings. The summed E-state index contributed by atoms with van der Waals surface area (Å²) in [5.74, 6) is 0.558. The lowest BCUT2D eigenvalue weighted by Crippen LogP contribution is -2.49. The van der Waals surface area contributed by atoms with Gasteiger partial charge in [-0.2, -0.15) is 0 Å². The van der Waals surface area contributed by atoms with Crippen LogP contribution in [-0.2, 0) is 4.79 Å². The molecule has 1 saturated heterocycles. The third kappa shape index (κ3) is 4.29. The molecule has 0 unspecified atom stereocenters. The number of benzene rings is 2. The fraction of sp³-hybridized carbons (Fsp3) is 0.208. The Balaban J connectivity index is 1.26. The number of piperazine rings is 1. The van der Waals surface area contributed by atoms with Crippen LogP contribution in [0, 0.1) is 0 Å². The van der Waals surface area contributed by atoms with Gasteiger partial charge in [0.15, 0.2) is 0 Å². The molecule has 7 heteroatoms. The largest absolute Gasteiger partial charge is 0.368 e. The van der Waals surface area contributed by atoms with Gasteiger partial charge in [0, 0.05) is 42.8 Å². The van der Waals surface area contributed by atoms with E-state index in [0.29, 0.717) is 5.75 Å². The zero-order chi connectivity index (χ0) is 21.0. The Bertz CT molecular complexity index is 1170. The van der Waals surface area contributed by atoms with Crippen LogP contribution in [0.1, 0.15) is 0 Å². The maximum atomic E-state index is 12.9. The van der Waals surface area contributed by atoms with Crippen molar-refractivity contribution in [3.63, 3.8) is 0 Å². The van der Waals surface area contributed by atoms with Gasteiger partial charge in [-0.25, -0.2) is 9.97 Å². The van der Waals surface area contributed by atoms with Crippen LogP contribution in [0.15, 0.2) is 77.4 Å². The average molecular weight is 447 g/mol. The zero-order valence-electron chi connectivity index (χ0n) is 17.0. The van der Waals surface area contributed by atoms with E-state index in [1.807, 2.05) is 29.2 Å². The lowest BCUT2D eigenvalue weighted by atomic mass is 10.1. The van der Waals surface area contributed by atoms with Gasteiger partial charge in [-0.3, -0.25) is 4.79 Å². The van der Waals surface area contributed by atoms with Gasteiger partial charge >= 0.3 is 0 Å². The summed E-state index contributed by atoms with van der Waals surface area (Å²) < 4.78 is 0. The number of amides is 1. The van der Waals surface area contributed by atoms with Crippen molar-refractivity contribution in [3.8, 4) is 11.1 Å². The van der Waals surface area contributed by atoms with Crippen LogP contribution in [-0.4, -0.2) is 52.7 Å². The van der Waals surface area contributed by atoms with Crippen LogP contribution >= 0.6 is 23.1 Å². The molecule has 1 aliphatic rings. The zero-order valence-corrected chi connectivity index (χ0v) is 18.6. The van der Waals surface area contributed by atoms with E-state index in [1.54, 1.807) is 17.7 Å². The predicted molar refractivity (Wildman–Crippen MR) is 129 cm³/mol. The summed E-state index contributed by atoms with van der Waals surface area (Å²) in [7, 11) is 0. The molecule has 0 spiro atoms. The molecule has 0 aliphatic carbocycles. The van der Waals surface area contributed by atoms with Gasteiger partial charge in [0.1, 0.15) is 16.2 Å². The first-order valence-corrected chi connectivity index (χ1v) is 12.1. The van der Waals surface area contributed by atoms with Crippen LogP contribution in [0.3, 0.4) is 0 Å². The lowest BCUT2D eigenvalue weighted by Gasteiger charge is -2.36. The minimum atomic E-state index is 0.168. The van der Waals surface area contributed by atoms with Crippen molar-refractivity contribution >= 4 is 44.9 Å². The monoisotopic (exact) mass is 446 g/mol. The fourth-order valence-corrected chi connectivity index (χ4v) is 5.76. The van der Waals surface area contributed by atoms with Gasteiger partial charge in [0.05, 0.1) is 11.1 Å². The number of hydrogen-bond donors (Lipinski definition) is 0. The molecule has 5 nitrogen and oxygen atoms in total. The summed E-state index contributed by atoms with van der Waals surface area (Å²) >= 11 is 3.13. The number of thioether (sulfide) groups is 1. The number of fused-ring (bicyclic) bond motifs is 1. The number of thiophene rings is 1. The van der Waals surface area contributed by atoms with Gasteiger partial charge < -0.3 is 9.80 Å². The number of rotatable bonds is 5. The van der Waals surface area contributed by atoms with Gasteiger partial charge in [-0.1, -0.05) is 60.3 Å². The van der Waals surface area contributed by atoms with E-state index in [4.69, 9.17) is 0 Å². The Hall–Kier alpha value is -2.90. The van der Waals surface area contributed by atoms with E-state index >= 15 is 0 Å². The number of anilines is 1. The standard InChI is InChI=1S/C24H22N4OS2/c29-21(28-13-11-27(12-14-28)19-9-5-2-6-10-19)16-31-24-22-20(18-7-3-1-4-8-18)15-30-23(22)25-17-26-24/h1-10,15,17H,11-14,16H2. The minimum Gasteiger partial charge on any atom is -0.368 e. The van der Waals surface area contributed by atoms with Crippen LogP contribution in [0.25, 0.3) is 21.3 Å². The Kier molecular flexibility index (Phi) is 5.86. The Morgan fingerprint density at radius 3 is 2.39 bits per heavy atom. The quantitative estimate of drug-likeness (QED) is 0.326. The summed E-state index contributed by atoms with van der Waals surface area (Å²) in [6.07, 6.45) is 1.60. The van der Waals surface area contributed by atoms with Crippen molar-refractivity contribution in [2.75, 3.05) is 36.8 Å². The fourth-order valence-electron chi connectivity index (χ4n) is 3.86. The van der Waals surface area contributed by atoms with Crippen molar-refractivity contribution < 1.29 is 4.79 Å². The first kappa shape index (κ1) is 20.0. The molecular formula is C24H22N4OS2. The Labute approximate surface area is 189 Å². The van der Waals surface area contributed by atoms with E-state index in [0.717, 1.165) is 52.5 Å². The third-order valence-electron chi connectivity index (χ3n) is 5.51. The number of para-hydroxylation sites is 1. The molecule has 0 atom stereocenters. The number of carbonyl (C=O) groups is 1. The highest BCUT2D eigenvalue weighted by atomic mass is 32.2. The SMILES string of the molecule is O=C(CSc1ncnc2scc(-c3ccccc3)c12)N1CCN(c2ccccc2)CC1. The minimum absolute atomic E-state index is 0.168. The highest BCUT2D eigenvalue weighted by molar-refractivity contribution is 8.00. The van der Waals surface area contributed by atoms with Crippen molar-refractivity contribution in [1.29, 1.82) is 0 Å².